The van der Waals surface area contributed by atoms with Crippen LogP contribution in [0.4, 0.5) is 5.69 Å². The van der Waals surface area contributed by atoms with Crippen LogP contribution in [0.1, 0.15) is 5.56 Å². The lowest BCUT2D eigenvalue weighted by Crippen LogP contribution is -2.28. The lowest BCUT2D eigenvalue weighted by atomic mass is 10.1. The van der Waals surface area contributed by atoms with Gasteiger partial charge in [-0.1, -0.05) is 29.3 Å². The summed E-state index contributed by atoms with van der Waals surface area (Å²) in [6.07, 6.45) is 1.01. The van der Waals surface area contributed by atoms with Gasteiger partial charge in [-0.25, -0.2) is 0 Å². The molecule has 0 aromatic heterocycles. The highest BCUT2D eigenvalue weighted by atomic mass is 35.5. The highest BCUT2D eigenvalue weighted by molar-refractivity contribution is 6.43. The summed E-state index contributed by atoms with van der Waals surface area (Å²) < 4.78 is 0. The van der Waals surface area contributed by atoms with E-state index in [9.17, 15) is 0 Å². The van der Waals surface area contributed by atoms with Crippen molar-refractivity contribution in [1.82, 2.24) is 5.32 Å². The number of anilines is 1. The molecule has 0 radical (unpaired) electrons. The maximum atomic E-state index is 6.09. The normalized spacial score (nSPS) is 19.2. The van der Waals surface area contributed by atoms with Crippen LogP contribution in [0.15, 0.2) is 12.1 Å². The van der Waals surface area contributed by atoms with Crippen LogP contribution in [0.5, 0.6) is 0 Å². The Morgan fingerprint density at radius 3 is 3.00 bits per heavy atom. The number of likely N-dealkylation sites (N-methyl/N-ethyl adjacent to an activating group) is 1. The first-order valence-electron chi connectivity index (χ1n) is 4.60. The Hall–Kier alpha value is -0.440. The summed E-state index contributed by atoms with van der Waals surface area (Å²) in [4.78, 5) is 0. The van der Waals surface area contributed by atoms with E-state index in [0.29, 0.717) is 16.1 Å². The largest absolute Gasteiger partial charge is 0.379 e. The zero-order valence-corrected chi connectivity index (χ0v) is 9.41. The van der Waals surface area contributed by atoms with Crippen LogP contribution in [0, 0.1) is 0 Å². The SMILES string of the molecule is CNCC1Cc2ccc(Cl)c(Cl)c2N1. The molecule has 0 fully saturated rings. The van der Waals surface area contributed by atoms with E-state index in [-0.39, 0.29) is 0 Å². The highest BCUT2D eigenvalue weighted by Gasteiger charge is 2.22. The number of halogens is 2. The van der Waals surface area contributed by atoms with Crippen molar-refractivity contribution in [3.63, 3.8) is 0 Å². The minimum Gasteiger partial charge on any atom is -0.379 e. The predicted molar refractivity (Wildman–Crippen MR) is 61.5 cm³/mol. The van der Waals surface area contributed by atoms with Crippen molar-refractivity contribution in [3.8, 4) is 0 Å². The number of rotatable bonds is 2. The van der Waals surface area contributed by atoms with Gasteiger partial charge in [0.05, 0.1) is 15.7 Å². The zero-order chi connectivity index (χ0) is 10.1. The number of nitrogens with one attached hydrogen (secondary N) is 2. The minimum atomic E-state index is 0.422. The van der Waals surface area contributed by atoms with E-state index in [0.717, 1.165) is 18.7 Å². The van der Waals surface area contributed by atoms with Crippen LogP contribution >= 0.6 is 23.2 Å². The molecule has 1 aromatic carbocycles. The summed E-state index contributed by atoms with van der Waals surface area (Å²) in [5, 5.41) is 7.76. The summed E-state index contributed by atoms with van der Waals surface area (Å²) in [6, 6.07) is 4.31. The van der Waals surface area contributed by atoms with E-state index in [4.69, 9.17) is 23.2 Å². The van der Waals surface area contributed by atoms with Crippen LogP contribution < -0.4 is 10.6 Å². The third-order valence-corrected chi connectivity index (χ3v) is 3.25. The van der Waals surface area contributed by atoms with Gasteiger partial charge in [-0.15, -0.1) is 0 Å². The van der Waals surface area contributed by atoms with Gasteiger partial charge in [-0.2, -0.15) is 0 Å². The van der Waals surface area contributed by atoms with Crippen LogP contribution in [0.2, 0.25) is 10.0 Å². The van der Waals surface area contributed by atoms with Crippen molar-refractivity contribution in [1.29, 1.82) is 0 Å². The molecule has 1 aliphatic rings. The molecule has 1 atom stereocenters. The van der Waals surface area contributed by atoms with Crippen molar-refractivity contribution in [2.75, 3.05) is 18.9 Å². The third kappa shape index (κ3) is 1.70. The Bertz CT molecular complexity index is 352. The molecule has 76 valence electrons. The second-order valence-electron chi connectivity index (χ2n) is 3.50. The van der Waals surface area contributed by atoms with E-state index in [2.05, 4.69) is 10.6 Å². The molecule has 14 heavy (non-hydrogen) atoms. The predicted octanol–water partition coefficient (Wildman–Crippen LogP) is 2.55. The van der Waals surface area contributed by atoms with Gasteiger partial charge >= 0.3 is 0 Å². The van der Waals surface area contributed by atoms with Crippen LogP contribution in [-0.4, -0.2) is 19.6 Å². The summed E-state index contributed by atoms with van der Waals surface area (Å²) in [5.74, 6) is 0. The molecular formula is C10H12Cl2N2. The molecule has 0 saturated carbocycles. The molecule has 0 saturated heterocycles. The lowest BCUT2D eigenvalue weighted by Gasteiger charge is -2.10. The van der Waals surface area contributed by atoms with Gasteiger partial charge in [0.1, 0.15) is 0 Å². The molecule has 2 N–H and O–H groups in total. The van der Waals surface area contributed by atoms with E-state index in [1.165, 1.54) is 5.56 Å². The summed E-state index contributed by atoms with van der Waals surface area (Å²) in [7, 11) is 1.94. The molecule has 2 nitrogen and oxygen atoms in total. The first-order valence-corrected chi connectivity index (χ1v) is 5.36. The first-order chi connectivity index (χ1) is 6.72. The zero-order valence-electron chi connectivity index (χ0n) is 7.90. The smallest absolute Gasteiger partial charge is 0.0826 e. The van der Waals surface area contributed by atoms with E-state index in [1.807, 2.05) is 19.2 Å². The molecule has 1 unspecified atom stereocenters. The lowest BCUT2D eigenvalue weighted by molar-refractivity contribution is 0.674. The van der Waals surface area contributed by atoms with E-state index >= 15 is 0 Å². The fourth-order valence-corrected chi connectivity index (χ4v) is 2.20. The van der Waals surface area contributed by atoms with Crippen LogP contribution in [0.3, 0.4) is 0 Å². The maximum Gasteiger partial charge on any atom is 0.0826 e. The highest BCUT2D eigenvalue weighted by Crippen LogP contribution is 2.37. The number of benzene rings is 1. The fraction of sp³-hybridized carbons (Fsp3) is 0.400. The van der Waals surface area contributed by atoms with Gasteiger partial charge in [0.15, 0.2) is 0 Å². The molecule has 0 amide bonds. The van der Waals surface area contributed by atoms with Gasteiger partial charge in [0.2, 0.25) is 0 Å². The Labute approximate surface area is 93.6 Å². The molecule has 1 heterocycles. The Balaban J connectivity index is 2.26. The van der Waals surface area contributed by atoms with Crippen LogP contribution in [0.25, 0.3) is 0 Å². The Kier molecular flexibility index (Phi) is 2.86. The second kappa shape index (κ2) is 3.97. The van der Waals surface area contributed by atoms with Gasteiger partial charge in [0.25, 0.3) is 0 Å². The standard InChI is InChI=1S/C10H12Cl2N2/c1-13-5-7-4-6-2-3-8(11)9(12)10(6)14-7/h2-3,7,13-14H,4-5H2,1H3. The topological polar surface area (TPSA) is 24.1 Å². The molecule has 0 aliphatic carbocycles. The molecule has 0 bridgehead atoms. The number of hydrogen-bond donors (Lipinski definition) is 2. The molecule has 2 rings (SSSR count). The van der Waals surface area contributed by atoms with E-state index in [1.54, 1.807) is 0 Å². The van der Waals surface area contributed by atoms with Crippen molar-refractivity contribution in [2.45, 2.75) is 12.5 Å². The van der Waals surface area contributed by atoms with Crippen molar-refractivity contribution < 1.29 is 0 Å². The van der Waals surface area contributed by atoms with Gasteiger partial charge in [0, 0.05) is 12.6 Å². The summed E-state index contributed by atoms with van der Waals surface area (Å²) >= 11 is 12.0. The Morgan fingerprint density at radius 1 is 1.50 bits per heavy atom. The molecule has 1 aromatic rings. The second-order valence-corrected chi connectivity index (χ2v) is 4.28. The maximum absolute atomic E-state index is 6.09. The van der Waals surface area contributed by atoms with Gasteiger partial charge < -0.3 is 10.6 Å². The minimum absolute atomic E-state index is 0.422. The summed E-state index contributed by atoms with van der Waals surface area (Å²) in [5.41, 5.74) is 2.25. The van der Waals surface area contributed by atoms with Crippen molar-refractivity contribution >= 4 is 28.9 Å². The quantitative estimate of drug-likeness (QED) is 0.817. The monoisotopic (exact) mass is 230 g/mol. The fourth-order valence-electron chi connectivity index (χ4n) is 1.81. The van der Waals surface area contributed by atoms with Crippen molar-refractivity contribution in [2.24, 2.45) is 0 Å². The molecule has 4 heteroatoms. The molecule has 1 aliphatic heterocycles. The van der Waals surface area contributed by atoms with E-state index < -0.39 is 0 Å². The van der Waals surface area contributed by atoms with Crippen LogP contribution in [-0.2, 0) is 6.42 Å². The van der Waals surface area contributed by atoms with Gasteiger partial charge in [-0.3, -0.25) is 0 Å². The van der Waals surface area contributed by atoms with Gasteiger partial charge in [-0.05, 0) is 25.1 Å². The van der Waals surface area contributed by atoms with Crippen molar-refractivity contribution in [3.05, 3.63) is 27.7 Å². The third-order valence-electron chi connectivity index (χ3n) is 2.45. The average molecular weight is 231 g/mol. The summed E-state index contributed by atoms with van der Waals surface area (Å²) in [6.45, 7) is 0.933. The number of fused-ring (bicyclic) bond motifs is 1. The molecular weight excluding hydrogens is 219 g/mol. The first kappa shape index (κ1) is 10.1. The number of hydrogen-bond acceptors (Lipinski definition) is 2. The molecule has 0 spiro atoms. The average Bonchev–Trinajstić information content (AvgIpc) is 2.56. The Morgan fingerprint density at radius 2 is 2.29 bits per heavy atom.